The molecule has 33 heavy (non-hydrogen) atoms. The molecule has 10 heteroatoms. The fourth-order valence-electron chi connectivity index (χ4n) is 3.07. The van der Waals surface area contributed by atoms with Gasteiger partial charge >= 0.3 is 12.2 Å². The summed E-state index contributed by atoms with van der Waals surface area (Å²) < 4.78 is 69.1. The number of ether oxygens (including phenoxy) is 3. The van der Waals surface area contributed by atoms with Gasteiger partial charge in [-0.2, -0.15) is 13.2 Å². The number of hydrogen-bond donors (Lipinski definition) is 1. The molecular formula is C23H23F4N3O3. The van der Waals surface area contributed by atoms with E-state index in [-0.39, 0.29) is 29.7 Å². The van der Waals surface area contributed by atoms with Crippen LogP contribution < -0.4 is 19.5 Å². The topological polar surface area (TPSA) is 65.5 Å². The Hall–Kier alpha value is -3.40. The Kier molecular flexibility index (Phi) is 8.05. The Labute approximate surface area is 188 Å². The fourth-order valence-corrected chi connectivity index (χ4v) is 3.07. The first-order chi connectivity index (χ1) is 15.8. The van der Waals surface area contributed by atoms with Gasteiger partial charge in [0, 0.05) is 30.6 Å². The number of benzene rings is 2. The lowest BCUT2D eigenvalue weighted by atomic mass is 10.0. The molecule has 0 bridgehead atoms. The van der Waals surface area contributed by atoms with Gasteiger partial charge in [0.2, 0.25) is 0 Å². The van der Waals surface area contributed by atoms with Crippen LogP contribution in [0.4, 0.5) is 17.6 Å². The highest BCUT2D eigenvalue weighted by molar-refractivity contribution is 5.65. The lowest BCUT2D eigenvalue weighted by Gasteiger charge is -2.14. The smallest absolute Gasteiger partial charge is 0.416 e. The Balaban J connectivity index is 1.59. The zero-order valence-electron chi connectivity index (χ0n) is 18.1. The van der Waals surface area contributed by atoms with Crippen molar-refractivity contribution in [3.63, 3.8) is 0 Å². The predicted octanol–water partition coefficient (Wildman–Crippen LogP) is 4.53. The average molecular weight is 465 g/mol. The second-order valence-corrected chi connectivity index (χ2v) is 7.05. The van der Waals surface area contributed by atoms with Crippen LogP contribution >= 0.6 is 0 Å². The SMILES string of the molecule is COc1cc(F)cc(CCNCCOc2cc(-c3cnc(OC)nc3)cc(C(F)(F)F)c2)c1. The van der Waals surface area contributed by atoms with Crippen LogP contribution in [0.5, 0.6) is 17.5 Å². The van der Waals surface area contributed by atoms with Crippen LogP contribution in [0.1, 0.15) is 11.1 Å². The van der Waals surface area contributed by atoms with Crippen LogP contribution in [0.25, 0.3) is 11.1 Å². The second-order valence-electron chi connectivity index (χ2n) is 7.05. The Morgan fingerprint density at radius 2 is 1.61 bits per heavy atom. The van der Waals surface area contributed by atoms with E-state index >= 15 is 0 Å². The average Bonchev–Trinajstić information content (AvgIpc) is 2.80. The van der Waals surface area contributed by atoms with E-state index in [1.54, 1.807) is 6.07 Å². The maximum atomic E-state index is 13.5. The molecule has 6 nitrogen and oxygen atoms in total. The first-order valence-electron chi connectivity index (χ1n) is 10.0. The third-order valence-corrected chi connectivity index (χ3v) is 4.68. The third-order valence-electron chi connectivity index (χ3n) is 4.68. The molecule has 1 aromatic heterocycles. The van der Waals surface area contributed by atoms with Crippen molar-refractivity contribution < 1.29 is 31.8 Å². The Morgan fingerprint density at radius 3 is 2.27 bits per heavy atom. The van der Waals surface area contributed by atoms with Crippen molar-refractivity contribution in [3.8, 4) is 28.6 Å². The number of aromatic nitrogens is 2. The van der Waals surface area contributed by atoms with Gasteiger partial charge < -0.3 is 19.5 Å². The van der Waals surface area contributed by atoms with Crippen LogP contribution in [0.15, 0.2) is 48.8 Å². The number of halogens is 4. The van der Waals surface area contributed by atoms with E-state index in [0.29, 0.717) is 30.8 Å². The molecule has 0 saturated heterocycles. The first kappa shape index (κ1) is 24.2. The number of methoxy groups -OCH3 is 2. The summed E-state index contributed by atoms with van der Waals surface area (Å²) in [6, 6.07) is 8.05. The van der Waals surface area contributed by atoms with E-state index in [2.05, 4.69) is 15.3 Å². The number of nitrogens with zero attached hydrogens (tertiary/aromatic N) is 2. The van der Waals surface area contributed by atoms with E-state index in [4.69, 9.17) is 14.2 Å². The number of alkyl halides is 3. The normalized spacial score (nSPS) is 11.3. The number of hydrogen-bond acceptors (Lipinski definition) is 6. The molecule has 0 saturated carbocycles. The molecule has 0 spiro atoms. The van der Waals surface area contributed by atoms with Crippen LogP contribution in [-0.2, 0) is 12.6 Å². The van der Waals surface area contributed by atoms with Crippen LogP contribution in [0.2, 0.25) is 0 Å². The molecule has 2 aromatic carbocycles. The van der Waals surface area contributed by atoms with Crippen molar-refractivity contribution in [1.82, 2.24) is 15.3 Å². The minimum absolute atomic E-state index is 0.0762. The molecule has 1 N–H and O–H groups in total. The minimum atomic E-state index is -4.54. The number of rotatable bonds is 10. The molecule has 0 fully saturated rings. The summed E-state index contributed by atoms with van der Waals surface area (Å²) in [5.74, 6) is 0.138. The molecule has 176 valence electrons. The van der Waals surface area contributed by atoms with Gasteiger partial charge in [-0.05, 0) is 54.4 Å². The summed E-state index contributed by atoms with van der Waals surface area (Å²) in [4.78, 5) is 7.87. The number of nitrogens with one attached hydrogen (secondary N) is 1. The molecule has 3 aromatic rings. The lowest BCUT2D eigenvalue weighted by Crippen LogP contribution is -2.23. The minimum Gasteiger partial charge on any atom is -0.497 e. The summed E-state index contributed by atoms with van der Waals surface area (Å²) in [5, 5.41) is 3.12. The van der Waals surface area contributed by atoms with Crippen molar-refractivity contribution >= 4 is 0 Å². The maximum absolute atomic E-state index is 13.5. The van der Waals surface area contributed by atoms with Gasteiger partial charge in [0.1, 0.15) is 23.9 Å². The van der Waals surface area contributed by atoms with Crippen molar-refractivity contribution in [2.45, 2.75) is 12.6 Å². The molecule has 0 aliphatic rings. The van der Waals surface area contributed by atoms with Gasteiger partial charge in [0.15, 0.2) is 0 Å². The highest BCUT2D eigenvalue weighted by Gasteiger charge is 2.31. The van der Waals surface area contributed by atoms with Crippen molar-refractivity contribution in [1.29, 1.82) is 0 Å². The lowest BCUT2D eigenvalue weighted by molar-refractivity contribution is -0.137. The Bertz CT molecular complexity index is 1060. The van der Waals surface area contributed by atoms with Gasteiger partial charge in [0.05, 0.1) is 19.8 Å². The summed E-state index contributed by atoms with van der Waals surface area (Å²) in [6.45, 7) is 1.07. The Morgan fingerprint density at radius 1 is 0.848 bits per heavy atom. The molecular weight excluding hydrogens is 442 g/mol. The molecule has 0 atom stereocenters. The van der Waals surface area contributed by atoms with Gasteiger partial charge in [-0.3, -0.25) is 0 Å². The largest absolute Gasteiger partial charge is 0.497 e. The molecule has 3 rings (SSSR count). The van der Waals surface area contributed by atoms with E-state index in [1.165, 1.54) is 44.8 Å². The van der Waals surface area contributed by atoms with Crippen LogP contribution in [0, 0.1) is 5.82 Å². The van der Waals surface area contributed by atoms with Gasteiger partial charge in [-0.1, -0.05) is 0 Å². The van der Waals surface area contributed by atoms with E-state index in [9.17, 15) is 17.6 Å². The summed E-state index contributed by atoms with van der Waals surface area (Å²) in [5.41, 5.74) is 0.606. The quantitative estimate of drug-likeness (QED) is 0.351. The van der Waals surface area contributed by atoms with Crippen LogP contribution in [0.3, 0.4) is 0 Å². The van der Waals surface area contributed by atoms with Crippen molar-refractivity contribution in [3.05, 3.63) is 65.7 Å². The van der Waals surface area contributed by atoms with Crippen molar-refractivity contribution in [2.24, 2.45) is 0 Å². The standard InChI is InChI=1S/C23H23F4N3O3/c1-31-20-8-15(7-19(24)12-20)3-4-28-5-6-33-21-10-16(9-18(11-21)23(25,26)27)17-13-29-22(32-2)30-14-17/h7-14,28H,3-6H2,1-2H3. The summed E-state index contributed by atoms with van der Waals surface area (Å²) >= 11 is 0. The second kappa shape index (κ2) is 11.0. The fraction of sp³-hybridized carbons (Fsp3) is 0.304. The third kappa shape index (κ3) is 7.04. The summed E-state index contributed by atoms with van der Waals surface area (Å²) in [6.07, 6.45) is -1.22. The van der Waals surface area contributed by atoms with Crippen LogP contribution in [-0.4, -0.2) is 43.9 Å². The zero-order chi connectivity index (χ0) is 23.8. The van der Waals surface area contributed by atoms with E-state index in [0.717, 1.165) is 17.7 Å². The molecule has 1 heterocycles. The van der Waals surface area contributed by atoms with Gasteiger partial charge in [-0.15, -0.1) is 0 Å². The van der Waals surface area contributed by atoms with E-state index in [1.807, 2.05) is 0 Å². The highest BCUT2D eigenvalue weighted by atomic mass is 19.4. The zero-order valence-corrected chi connectivity index (χ0v) is 18.1. The van der Waals surface area contributed by atoms with Crippen molar-refractivity contribution in [2.75, 3.05) is 33.9 Å². The summed E-state index contributed by atoms with van der Waals surface area (Å²) in [7, 11) is 2.86. The molecule has 0 aliphatic heterocycles. The predicted molar refractivity (Wildman–Crippen MR) is 114 cm³/mol. The van der Waals surface area contributed by atoms with Gasteiger partial charge in [0.25, 0.3) is 0 Å². The molecule has 0 aliphatic carbocycles. The van der Waals surface area contributed by atoms with E-state index < -0.39 is 11.7 Å². The first-order valence-corrected chi connectivity index (χ1v) is 10.0. The molecule has 0 unspecified atom stereocenters. The van der Waals surface area contributed by atoms with Gasteiger partial charge in [-0.25, -0.2) is 14.4 Å². The monoisotopic (exact) mass is 465 g/mol. The molecule has 0 amide bonds. The highest BCUT2D eigenvalue weighted by Crippen LogP contribution is 2.35. The maximum Gasteiger partial charge on any atom is 0.416 e. The molecule has 0 radical (unpaired) electrons.